The maximum absolute atomic E-state index is 13.4. The Morgan fingerprint density at radius 3 is 2.43 bits per heavy atom. The molecule has 0 saturated carbocycles. The predicted octanol–water partition coefficient (Wildman–Crippen LogP) is 4.22. The van der Waals surface area contributed by atoms with Crippen LogP contribution in [0.2, 0.25) is 16.4 Å². The quantitative estimate of drug-likeness (QED) is 0.209. The Hall–Kier alpha value is -1.43. The number of hydrogen-bond acceptors (Lipinski definition) is 8. The van der Waals surface area contributed by atoms with E-state index in [1.165, 1.54) is 7.11 Å². The molecule has 0 aromatic heterocycles. The smallest absolute Gasteiger partial charge is 0.457 e. The molecule has 204 valence electrons. The van der Waals surface area contributed by atoms with Crippen molar-refractivity contribution >= 4 is 36.3 Å². The number of esters is 1. The second-order valence-corrected chi connectivity index (χ2v) is 12.3. The number of halogens is 2. The molecule has 0 spiro atoms. The van der Waals surface area contributed by atoms with Crippen molar-refractivity contribution < 1.29 is 23.8 Å². The zero-order valence-corrected chi connectivity index (χ0v) is 23.7. The molecule has 3 saturated heterocycles. The van der Waals surface area contributed by atoms with Gasteiger partial charge in [0.2, 0.25) is 6.54 Å². The molecule has 4 rings (SSSR count). The lowest BCUT2D eigenvalue weighted by atomic mass is 9.64. The van der Waals surface area contributed by atoms with Gasteiger partial charge < -0.3 is 19.4 Å². The Balaban J connectivity index is 1.64. The molecule has 9 nitrogen and oxygen atoms in total. The molecule has 0 radical (unpaired) electrons. The number of methoxy groups -OCH3 is 1. The number of fused-ring (bicyclic) bond motifs is 1. The molecule has 0 bridgehead atoms. The van der Waals surface area contributed by atoms with Crippen LogP contribution in [0.1, 0.15) is 52.5 Å². The third kappa shape index (κ3) is 4.89. The average molecular weight is 556 g/mol. The van der Waals surface area contributed by atoms with Gasteiger partial charge >= 0.3 is 13.1 Å². The summed E-state index contributed by atoms with van der Waals surface area (Å²) < 4.78 is 17.6. The minimum atomic E-state index is -1.08. The van der Waals surface area contributed by atoms with Crippen molar-refractivity contribution in [2.24, 2.45) is 5.41 Å². The molecular weight excluding hydrogens is 520 g/mol. The van der Waals surface area contributed by atoms with E-state index in [1.54, 1.807) is 18.2 Å². The lowest BCUT2D eigenvalue weighted by Gasteiger charge is -2.40. The molecule has 37 heavy (non-hydrogen) atoms. The first-order valence-electron chi connectivity index (χ1n) is 12.8. The van der Waals surface area contributed by atoms with Crippen molar-refractivity contribution in [1.82, 2.24) is 10.2 Å². The van der Waals surface area contributed by atoms with Crippen LogP contribution in [0.5, 0.6) is 0 Å². The van der Waals surface area contributed by atoms with Crippen LogP contribution >= 0.6 is 23.2 Å². The fraction of sp³-hybridized carbons (Fsp3) is 0.720. The van der Waals surface area contributed by atoms with E-state index < -0.39 is 34.2 Å². The second-order valence-electron chi connectivity index (χ2n) is 11.4. The Kier molecular flexibility index (Phi) is 7.94. The second kappa shape index (κ2) is 10.3. The van der Waals surface area contributed by atoms with E-state index in [2.05, 4.69) is 5.32 Å². The summed E-state index contributed by atoms with van der Waals surface area (Å²) >= 11 is 12.9. The van der Waals surface area contributed by atoms with Gasteiger partial charge in [-0.1, -0.05) is 35.7 Å². The maximum atomic E-state index is 13.4. The Bertz CT molecular complexity index is 1020. The largest absolute Gasteiger partial charge is 0.468 e. The summed E-state index contributed by atoms with van der Waals surface area (Å²) in [6, 6.07) is 4.73. The molecule has 1 unspecified atom stereocenters. The normalized spacial score (nSPS) is 30.5. The van der Waals surface area contributed by atoms with Gasteiger partial charge in [-0.2, -0.15) is 0 Å². The van der Waals surface area contributed by atoms with Crippen molar-refractivity contribution in [3.05, 3.63) is 43.9 Å². The van der Waals surface area contributed by atoms with E-state index in [9.17, 15) is 14.9 Å². The van der Waals surface area contributed by atoms with Crippen molar-refractivity contribution in [3.63, 3.8) is 0 Å². The topological polar surface area (TPSA) is 103 Å². The van der Waals surface area contributed by atoms with Gasteiger partial charge in [0.1, 0.15) is 5.54 Å². The van der Waals surface area contributed by atoms with E-state index in [0.717, 1.165) is 0 Å². The summed E-state index contributed by atoms with van der Waals surface area (Å²) in [6.45, 7) is 8.85. The third-order valence-corrected chi connectivity index (χ3v) is 9.72. The molecule has 3 heterocycles. The zero-order valence-electron chi connectivity index (χ0n) is 22.1. The molecule has 1 aromatic rings. The summed E-state index contributed by atoms with van der Waals surface area (Å²) in [5.41, 5.74) is -1.98. The van der Waals surface area contributed by atoms with Crippen LogP contribution in [0.15, 0.2) is 18.2 Å². The Labute approximate surface area is 228 Å². The summed E-state index contributed by atoms with van der Waals surface area (Å²) in [4.78, 5) is 27.0. The number of ether oxygens (including phenoxy) is 1. The lowest BCUT2D eigenvalue weighted by Crippen LogP contribution is -2.60. The minimum Gasteiger partial charge on any atom is -0.468 e. The molecule has 1 N–H and O–H groups in total. The molecule has 12 heteroatoms. The Morgan fingerprint density at radius 2 is 1.86 bits per heavy atom. The fourth-order valence-electron chi connectivity index (χ4n) is 6.49. The van der Waals surface area contributed by atoms with Gasteiger partial charge in [0.05, 0.1) is 24.4 Å². The highest BCUT2D eigenvalue weighted by molar-refractivity contribution is 6.45. The number of hydrogen-bond donors (Lipinski definition) is 1. The molecule has 1 aromatic carbocycles. The van der Waals surface area contributed by atoms with Gasteiger partial charge in [0, 0.05) is 39.0 Å². The van der Waals surface area contributed by atoms with E-state index in [0.29, 0.717) is 47.7 Å². The van der Waals surface area contributed by atoms with Crippen molar-refractivity contribution in [2.75, 3.05) is 26.7 Å². The van der Waals surface area contributed by atoms with Gasteiger partial charge in [0.15, 0.2) is 0 Å². The molecule has 0 amide bonds. The third-order valence-electron chi connectivity index (χ3n) is 9.01. The number of nitrogens with zero attached hydrogens (tertiary/aromatic N) is 2. The van der Waals surface area contributed by atoms with E-state index in [-0.39, 0.29) is 31.7 Å². The molecular formula is C25H36BCl2N3O6. The first-order chi connectivity index (χ1) is 17.3. The molecule has 0 aliphatic carbocycles. The van der Waals surface area contributed by atoms with Gasteiger partial charge in [-0.3, -0.25) is 15.0 Å². The molecule has 3 atom stereocenters. The number of rotatable bonds is 9. The van der Waals surface area contributed by atoms with Crippen molar-refractivity contribution in [3.8, 4) is 0 Å². The van der Waals surface area contributed by atoms with Crippen LogP contribution in [0.3, 0.4) is 0 Å². The standard InChI is InChI=1S/C25H36BCl2N3O6/c1-22(2)23(3,4)37-26(36-22)12-7-10-24-11-13-29-25(24,21(32)35-5)16-30(20(24)15-31(33)34)14-17-18(27)8-6-9-19(17)28/h6,8-9,20,29H,7,10-16H2,1-5H3/t20?,24-,25-/m1/s1. The first-order valence-corrected chi connectivity index (χ1v) is 13.5. The SMILES string of the molecule is COC(=O)[C@]12CN(Cc3c(Cl)cccc3Cl)C(C[N+](=O)[O-])[C@@]1(CCCB1OC(C)(C)C(C)(C)O1)CCN2. The number of carbonyl (C=O) groups is 1. The molecule has 3 fully saturated rings. The maximum Gasteiger partial charge on any atom is 0.457 e. The van der Waals surface area contributed by atoms with E-state index in [1.807, 2.05) is 32.6 Å². The Morgan fingerprint density at radius 1 is 1.24 bits per heavy atom. The van der Waals surface area contributed by atoms with Crippen LogP contribution in [-0.2, 0) is 25.4 Å². The van der Waals surface area contributed by atoms with Gasteiger partial charge in [-0.15, -0.1) is 0 Å². The lowest BCUT2D eigenvalue weighted by molar-refractivity contribution is -0.489. The summed E-state index contributed by atoms with van der Waals surface area (Å²) in [5, 5.41) is 16.3. The van der Waals surface area contributed by atoms with Gasteiger partial charge in [0.25, 0.3) is 0 Å². The highest BCUT2D eigenvalue weighted by Crippen LogP contribution is 2.55. The number of likely N-dealkylation sites (tertiary alicyclic amines) is 1. The minimum absolute atomic E-state index is 0.260. The summed E-state index contributed by atoms with van der Waals surface area (Å²) in [6.07, 6.45) is 2.47. The zero-order chi connectivity index (χ0) is 27.2. The number of nitro groups is 1. The van der Waals surface area contributed by atoms with Crippen molar-refractivity contribution in [2.45, 2.75) is 82.6 Å². The van der Waals surface area contributed by atoms with Crippen LogP contribution in [0, 0.1) is 15.5 Å². The molecule has 3 aliphatic heterocycles. The van der Waals surface area contributed by atoms with E-state index >= 15 is 0 Å². The highest BCUT2D eigenvalue weighted by Gasteiger charge is 2.70. The average Bonchev–Trinajstić information content (AvgIpc) is 3.35. The monoisotopic (exact) mass is 555 g/mol. The number of nitrogens with one attached hydrogen (secondary N) is 1. The number of carbonyl (C=O) groups excluding carboxylic acids is 1. The number of benzene rings is 1. The van der Waals surface area contributed by atoms with Gasteiger partial charge in [-0.05, 0) is 65.5 Å². The van der Waals surface area contributed by atoms with E-state index in [4.69, 9.17) is 37.2 Å². The van der Waals surface area contributed by atoms with Crippen LogP contribution in [-0.4, -0.2) is 72.4 Å². The molecule has 3 aliphatic rings. The summed E-state index contributed by atoms with van der Waals surface area (Å²) in [7, 11) is 0.985. The first kappa shape index (κ1) is 28.6. The van der Waals surface area contributed by atoms with Crippen molar-refractivity contribution in [1.29, 1.82) is 0 Å². The van der Waals surface area contributed by atoms with Crippen LogP contribution in [0.25, 0.3) is 0 Å². The van der Waals surface area contributed by atoms with Gasteiger partial charge in [-0.25, -0.2) is 4.79 Å². The summed E-state index contributed by atoms with van der Waals surface area (Å²) in [5.74, 6) is -0.401. The van der Waals surface area contributed by atoms with Crippen LogP contribution in [0.4, 0.5) is 0 Å². The fourth-order valence-corrected chi connectivity index (χ4v) is 7.00. The predicted molar refractivity (Wildman–Crippen MR) is 142 cm³/mol. The highest BCUT2D eigenvalue weighted by atomic mass is 35.5. The van der Waals surface area contributed by atoms with Crippen LogP contribution < -0.4 is 5.32 Å².